The van der Waals surface area contributed by atoms with Crippen molar-refractivity contribution in [3.05, 3.63) is 41.2 Å². The maximum absolute atomic E-state index is 13.8. The first-order valence-electron chi connectivity index (χ1n) is 7.67. The van der Waals surface area contributed by atoms with Crippen LogP contribution in [0.4, 0.5) is 22.0 Å². The zero-order valence-corrected chi connectivity index (χ0v) is 17.3. The normalized spacial score (nSPS) is 26.7. The van der Waals surface area contributed by atoms with Gasteiger partial charge >= 0.3 is 5.10 Å². The molecule has 1 aromatic carbocycles. The Morgan fingerprint density at radius 2 is 1.65 bits per heavy atom. The molecule has 1 aliphatic rings. The molecule has 0 spiro atoms. The molecule has 0 bridgehead atoms. The van der Waals surface area contributed by atoms with Gasteiger partial charge in [0, 0.05) is 0 Å². The molecule has 1 fully saturated rings. The van der Waals surface area contributed by atoms with Crippen molar-refractivity contribution in [1.29, 1.82) is 0 Å². The number of hydrogen-bond acceptors (Lipinski definition) is 4. The molecule has 0 radical (unpaired) electrons. The summed E-state index contributed by atoms with van der Waals surface area (Å²) < 4.78 is 66.7. The van der Waals surface area contributed by atoms with Crippen LogP contribution in [0.25, 0.3) is 0 Å². The molecule has 1 nitrogen and oxygen atoms in total. The molecular formula is C16H17F5OPS3+. The maximum atomic E-state index is 13.8. The Balaban J connectivity index is 2.16. The average Bonchev–Trinajstić information content (AvgIpc) is 2.57. The molecule has 1 saturated carbocycles. The van der Waals surface area contributed by atoms with Crippen molar-refractivity contribution >= 4 is 39.7 Å². The zero-order chi connectivity index (χ0) is 19.8. The summed E-state index contributed by atoms with van der Waals surface area (Å²) in [5.41, 5.74) is 0.979. The predicted molar refractivity (Wildman–Crippen MR) is 101 cm³/mol. The molecule has 1 aromatic rings. The van der Waals surface area contributed by atoms with Gasteiger partial charge in [-0.1, -0.05) is 12.2 Å². The monoisotopic (exact) mass is 447 g/mol. The van der Waals surface area contributed by atoms with Crippen molar-refractivity contribution in [3.63, 3.8) is 0 Å². The fourth-order valence-electron chi connectivity index (χ4n) is 2.75. The molecule has 0 heterocycles. The molecule has 4 atom stereocenters. The highest BCUT2D eigenvalue weighted by molar-refractivity contribution is 8.94. The van der Waals surface area contributed by atoms with E-state index in [9.17, 15) is 27.1 Å². The fraction of sp³-hybridized carbons (Fsp3) is 0.500. The van der Waals surface area contributed by atoms with Crippen molar-refractivity contribution in [1.82, 2.24) is 0 Å². The van der Waals surface area contributed by atoms with Crippen molar-refractivity contribution < 1.29 is 27.1 Å². The summed E-state index contributed by atoms with van der Waals surface area (Å²) in [4.78, 5) is -0.969. The van der Waals surface area contributed by atoms with Crippen LogP contribution in [0.1, 0.15) is 33.1 Å². The third-order valence-electron chi connectivity index (χ3n) is 4.52. The smallest absolute Gasteiger partial charge is 0.323 e. The summed E-state index contributed by atoms with van der Waals surface area (Å²) >= 11 is 6.85. The van der Waals surface area contributed by atoms with Crippen LogP contribution >= 0.6 is 27.9 Å². The molecule has 26 heavy (non-hydrogen) atoms. The first kappa shape index (κ1) is 22.1. The van der Waals surface area contributed by atoms with E-state index in [0.29, 0.717) is 24.2 Å². The zero-order valence-electron chi connectivity index (χ0n) is 14.0. The Morgan fingerprint density at radius 1 is 1.15 bits per heavy atom. The van der Waals surface area contributed by atoms with Crippen LogP contribution in [0.15, 0.2) is 17.0 Å². The number of allylic oxidation sites excluding steroid dienone is 1. The van der Waals surface area contributed by atoms with E-state index in [1.165, 1.54) is 0 Å². The van der Waals surface area contributed by atoms with E-state index in [2.05, 4.69) is 6.58 Å². The largest absolute Gasteiger partial charge is 0.392 e. The van der Waals surface area contributed by atoms with Crippen LogP contribution in [-0.2, 0) is 11.8 Å². The van der Waals surface area contributed by atoms with Crippen LogP contribution < -0.4 is 0 Å². The molecule has 2 rings (SSSR count). The van der Waals surface area contributed by atoms with Gasteiger partial charge in [-0.15, -0.1) is 0 Å². The highest BCUT2D eigenvalue weighted by Crippen LogP contribution is 2.63. The summed E-state index contributed by atoms with van der Waals surface area (Å²) in [5.74, 6) is -9.71. The van der Waals surface area contributed by atoms with Crippen molar-refractivity contribution in [3.8, 4) is 0 Å². The molecule has 0 saturated heterocycles. The molecule has 10 heteroatoms. The minimum absolute atomic E-state index is 0.192. The number of hydrogen-bond donors (Lipinski definition) is 1. The minimum Gasteiger partial charge on any atom is -0.392 e. The lowest BCUT2D eigenvalue weighted by Crippen LogP contribution is -2.41. The van der Waals surface area contributed by atoms with Gasteiger partial charge in [0.25, 0.3) is 0 Å². The number of aliphatic hydroxyl groups is 1. The Labute approximate surface area is 162 Å². The van der Waals surface area contributed by atoms with Crippen LogP contribution in [0, 0.1) is 35.0 Å². The van der Waals surface area contributed by atoms with Crippen molar-refractivity contribution in [2.45, 2.75) is 48.9 Å². The minimum atomic E-state index is -2.19. The second-order valence-corrected chi connectivity index (χ2v) is 15.1. The van der Waals surface area contributed by atoms with E-state index in [-0.39, 0.29) is 5.92 Å². The third kappa shape index (κ3) is 4.43. The van der Waals surface area contributed by atoms with Crippen molar-refractivity contribution in [2.75, 3.05) is 0 Å². The highest BCUT2D eigenvalue weighted by Gasteiger charge is 2.46. The fourth-order valence-corrected chi connectivity index (χ4v) is 11.5. The molecule has 0 aliphatic heterocycles. The topological polar surface area (TPSA) is 20.2 Å². The molecule has 144 valence electrons. The SMILES string of the molecule is C=C(C)[C@H]1CC[C@@](C)(S[P+](=S)Sc2c(F)c(F)c(F)c(F)c2F)C(O)C1. The first-order chi connectivity index (χ1) is 12.0. The second kappa shape index (κ2) is 8.43. The van der Waals surface area contributed by atoms with Gasteiger partial charge in [-0.25, -0.2) is 22.0 Å². The number of rotatable bonds is 5. The lowest BCUT2D eigenvalue weighted by molar-refractivity contribution is 0.0804. The average molecular weight is 447 g/mol. The van der Waals surface area contributed by atoms with Crippen LogP contribution in [0.3, 0.4) is 0 Å². The Bertz CT molecular complexity index is 731. The number of benzene rings is 1. The van der Waals surface area contributed by atoms with Crippen molar-refractivity contribution in [2.24, 2.45) is 5.92 Å². The summed E-state index contributed by atoms with van der Waals surface area (Å²) in [6.07, 6.45) is 1.21. The Hall–Kier alpha value is -0.210. The lowest BCUT2D eigenvalue weighted by atomic mass is 9.77. The molecule has 0 amide bonds. The van der Waals surface area contributed by atoms with E-state index in [1.54, 1.807) is 6.92 Å². The summed E-state index contributed by atoms with van der Waals surface area (Å²) in [6.45, 7) is 7.60. The lowest BCUT2D eigenvalue weighted by Gasteiger charge is -2.38. The van der Waals surface area contributed by atoms with E-state index >= 15 is 0 Å². The summed E-state index contributed by atoms with van der Waals surface area (Å²) in [6, 6.07) is 0. The van der Waals surface area contributed by atoms with Gasteiger partial charge in [-0.3, -0.25) is 0 Å². The summed E-state index contributed by atoms with van der Waals surface area (Å²) in [5, 5.41) is 8.82. The van der Waals surface area contributed by atoms with E-state index in [1.807, 2.05) is 6.92 Å². The van der Waals surface area contributed by atoms with Gasteiger partial charge in [-0.05, 0) is 39.0 Å². The molecule has 1 aliphatic carbocycles. The Kier molecular flexibility index (Phi) is 7.16. The predicted octanol–water partition coefficient (Wildman–Crippen LogP) is 6.48. The summed E-state index contributed by atoms with van der Waals surface area (Å²) in [7, 11) is 0. The molecule has 0 aromatic heterocycles. The van der Waals surface area contributed by atoms with Gasteiger partial charge in [0.2, 0.25) is 5.82 Å². The highest BCUT2D eigenvalue weighted by atomic mass is 33.2. The number of aliphatic hydroxyl groups excluding tert-OH is 1. The molecule has 1 N–H and O–H groups in total. The maximum Gasteiger partial charge on any atom is 0.323 e. The van der Waals surface area contributed by atoms with Gasteiger partial charge in [0.1, 0.15) is 27.7 Å². The second-order valence-electron chi connectivity index (χ2n) is 6.45. The van der Waals surface area contributed by atoms with Gasteiger partial charge in [0.15, 0.2) is 35.1 Å². The first-order valence-corrected chi connectivity index (χ1v) is 12.9. The van der Waals surface area contributed by atoms with Crippen LogP contribution in [-0.4, -0.2) is 16.0 Å². The molecule has 2 unspecified atom stereocenters. The van der Waals surface area contributed by atoms with Gasteiger partial charge in [0.05, 0.1) is 10.9 Å². The Morgan fingerprint density at radius 3 is 2.12 bits per heavy atom. The van der Waals surface area contributed by atoms with E-state index in [0.717, 1.165) is 23.4 Å². The standard InChI is InChI=1S/C16H17F5OPS3/c1-7(2)8-4-5-16(3,9(22)6-8)26-23(24)25-15-13(20)11(18)10(17)12(19)14(15)21/h8-9,22H,1,4-6H2,2-3H3/q+1/t8-,9?,16+/m0/s1. The van der Waals surface area contributed by atoms with E-state index < -0.39 is 49.9 Å². The van der Waals surface area contributed by atoms with Crippen LogP contribution in [0.5, 0.6) is 0 Å². The van der Waals surface area contributed by atoms with Gasteiger partial charge in [-0.2, -0.15) is 0 Å². The number of halogens is 5. The van der Waals surface area contributed by atoms with Crippen LogP contribution in [0.2, 0.25) is 0 Å². The van der Waals surface area contributed by atoms with Gasteiger partial charge < -0.3 is 5.11 Å². The van der Waals surface area contributed by atoms with E-state index in [4.69, 9.17) is 11.8 Å². The quantitative estimate of drug-likeness (QED) is 0.183. The molecular weight excluding hydrogens is 430 g/mol. The third-order valence-corrected chi connectivity index (χ3v) is 11.6.